The van der Waals surface area contributed by atoms with Crippen LogP contribution in [0.4, 0.5) is 5.82 Å². The molecule has 0 spiro atoms. The Kier molecular flexibility index (Phi) is 3.98. The quantitative estimate of drug-likeness (QED) is 0.601. The van der Waals surface area contributed by atoms with Gasteiger partial charge in [0.1, 0.15) is 11.8 Å². The molecule has 1 saturated heterocycles. The summed E-state index contributed by atoms with van der Waals surface area (Å²) in [7, 11) is 0. The van der Waals surface area contributed by atoms with Gasteiger partial charge in [0.2, 0.25) is 0 Å². The monoisotopic (exact) mass is 359 g/mol. The number of rotatable bonds is 4. The summed E-state index contributed by atoms with van der Waals surface area (Å²) in [5.41, 5.74) is 10.2. The minimum Gasteiger partial charge on any atom is -0.382 e. The van der Waals surface area contributed by atoms with Gasteiger partial charge in [0.15, 0.2) is 5.82 Å². The number of nitrogens with zero attached hydrogens (tertiary/aromatic N) is 4. The average molecular weight is 359 g/mol. The summed E-state index contributed by atoms with van der Waals surface area (Å²) in [6, 6.07) is 14.6. The van der Waals surface area contributed by atoms with Crippen molar-refractivity contribution in [2.24, 2.45) is 0 Å². The zero-order valence-electron chi connectivity index (χ0n) is 15.0. The van der Waals surface area contributed by atoms with Crippen molar-refractivity contribution in [3.8, 4) is 0 Å². The fraction of sp³-hybridized carbons (Fsp3) is 0.286. The Labute approximate surface area is 157 Å². The number of hydrogen-bond acceptors (Lipinski definition) is 5. The van der Waals surface area contributed by atoms with E-state index in [-0.39, 0.29) is 12.2 Å². The first-order valence-corrected chi connectivity index (χ1v) is 9.35. The largest absolute Gasteiger partial charge is 0.382 e. The van der Waals surface area contributed by atoms with Gasteiger partial charge in [-0.25, -0.2) is 9.50 Å². The molecule has 6 heteroatoms. The molecular weight excluding hydrogens is 338 g/mol. The van der Waals surface area contributed by atoms with Crippen LogP contribution in [-0.4, -0.2) is 25.7 Å². The number of aromatic nitrogens is 4. The Hall–Kier alpha value is -2.99. The first-order valence-electron chi connectivity index (χ1n) is 9.35. The predicted octanol–water partition coefficient (Wildman–Crippen LogP) is 3.71. The highest BCUT2D eigenvalue weighted by Crippen LogP contribution is 2.35. The van der Waals surface area contributed by atoms with Crippen LogP contribution in [0, 0.1) is 0 Å². The lowest BCUT2D eigenvalue weighted by atomic mass is 10.0. The maximum Gasteiger partial charge on any atom is 0.151 e. The lowest BCUT2D eigenvalue weighted by Crippen LogP contribution is -2.10. The number of fused-ring (bicyclic) bond motifs is 2. The summed E-state index contributed by atoms with van der Waals surface area (Å²) < 4.78 is 8.18. The molecule has 4 aromatic rings. The minimum atomic E-state index is 0.0603. The maximum atomic E-state index is 6.33. The molecule has 0 aliphatic carbocycles. The molecule has 136 valence electrons. The number of ether oxygens (including phenoxy) is 1. The van der Waals surface area contributed by atoms with E-state index < -0.39 is 0 Å². The second-order valence-electron chi connectivity index (χ2n) is 7.09. The third-order valence-corrected chi connectivity index (χ3v) is 5.37. The van der Waals surface area contributed by atoms with Crippen LogP contribution in [0.2, 0.25) is 0 Å². The normalized spacial score (nSPS) is 19.9. The van der Waals surface area contributed by atoms with Gasteiger partial charge in [0, 0.05) is 11.6 Å². The number of benzene rings is 1. The molecule has 1 aliphatic heterocycles. The number of pyridine rings is 1. The molecule has 0 unspecified atom stereocenters. The Bertz CT molecular complexity index is 1110. The molecule has 2 N–H and O–H groups in total. The molecule has 1 aromatic carbocycles. The van der Waals surface area contributed by atoms with Gasteiger partial charge in [-0.3, -0.25) is 4.98 Å². The highest BCUT2D eigenvalue weighted by molar-refractivity contribution is 5.78. The maximum absolute atomic E-state index is 6.33. The molecule has 27 heavy (non-hydrogen) atoms. The fourth-order valence-electron chi connectivity index (χ4n) is 3.95. The van der Waals surface area contributed by atoms with Crippen molar-refractivity contribution in [1.29, 1.82) is 0 Å². The molecule has 0 saturated carbocycles. The number of aryl methyl sites for hydroxylation is 1. The molecule has 1 aliphatic rings. The van der Waals surface area contributed by atoms with Gasteiger partial charge >= 0.3 is 0 Å². The van der Waals surface area contributed by atoms with Crippen molar-refractivity contribution in [2.75, 3.05) is 5.73 Å². The first kappa shape index (κ1) is 16.2. The molecule has 5 rings (SSSR count). The molecule has 0 bridgehead atoms. The van der Waals surface area contributed by atoms with Crippen LogP contribution in [0.3, 0.4) is 0 Å². The van der Waals surface area contributed by atoms with Crippen molar-refractivity contribution in [3.05, 3.63) is 66.2 Å². The second kappa shape index (κ2) is 6.63. The lowest BCUT2D eigenvalue weighted by Gasteiger charge is -2.14. The number of nitrogens with two attached hydrogens (primary N) is 1. The molecule has 1 fully saturated rings. The Morgan fingerprint density at radius 1 is 1.11 bits per heavy atom. The van der Waals surface area contributed by atoms with E-state index in [9.17, 15) is 0 Å². The summed E-state index contributed by atoms with van der Waals surface area (Å²) >= 11 is 0. The number of nitrogen functional groups attached to an aromatic ring is 1. The molecule has 0 radical (unpaired) electrons. The Morgan fingerprint density at radius 2 is 2.07 bits per heavy atom. The first-order chi connectivity index (χ1) is 13.3. The van der Waals surface area contributed by atoms with Crippen molar-refractivity contribution >= 4 is 22.2 Å². The number of hydrogen-bond donors (Lipinski definition) is 1. The topological polar surface area (TPSA) is 78.3 Å². The summed E-state index contributed by atoms with van der Waals surface area (Å²) in [4.78, 5) is 8.49. The van der Waals surface area contributed by atoms with E-state index in [1.54, 1.807) is 0 Å². The van der Waals surface area contributed by atoms with Gasteiger partial charge in [0.25, 0.3) is 0 Å². The van der Waals surface area contributed by atoms with Crippen molar-refractivity contribution in [2.45, 2.75) is 37.9 Å². The zero-order chi connectivity index (χ0) is 18.2. The van der Waals surface area contributed by atoms with Gasteiger partial charge in [0.05, 0.1) is 23.4 Å². The summed E-state index contributed by atoms with van der Waals surface area (Å²) in [6.07, 6.45) is 7.72. The summed E-state index contributed by atoms with van der Waals surface area (Å²) in [5, 5.41) is 5.51. The van der Waals surface area contributed by atoms with Gasteiger partial charge in [-0.15, -0.1) is 0 Å². The van der Waals surface area contributed by atoms with Gasteiger partial charge in [-0.1, -0.05) is 18.2 Å². The van der Waals surface area contributed by atoms with Gasteiger partial charge in [-0.05, 0) is 55.5 Å². The summed E-state index contributed by atoms with van der Waals surface area (Å²) in [5.74, 6) is 0.496. The van der Waals surface area contributed by atoms with Crippen LogP contribution >= 0.6 is 0 Å². The molecule has 3 aromatic heterocycles. The molecule has 0 amide bonds. The fourth-order valence-corrected chi connectivity index (χ4v) is 3.95. The molecular formula is C21H21N5O. The van der Waals surface area contributed by atoms with Gasteiger partial charge < -0.3 is 10.5 Å². The van der Waals surface area contributed by atoms with E-state index in [1.165, 1.54) is 17.3 Å². The third-order valence-electron chi connectivity index (χ3n) is 5.37. The highest BCUT2D eigenvalue weighted by atomic mass is 16.5. The Balaban J connectivity index is 1.27. The van der Waals surface area contributed by atoms with E-state index in [1.807, 2.05) is 28.9 Å². The lowest BCUT2D eigenvalue weighted by molar-refractivity contribution is 0.0370. The van der Waals surface area contributed by atoms with E-state index in [0.717, 1.165) is 42.4 Å². The van der Waals surface area contributed by atoms with Gasteiger partial charge in [-0.2, -0.15) is 5.10 Å². The van der Waals surface area contributed by atoms with Crippen molar-refractivity contribution < 1.29 is 4.74 Å². The van der Waals surface area contributed by atoms with Crippen LogP contribution in [0.15, 0.2) is 55.0 Å². The number of anilines is 1. The van der Waals surface area contributed by atoms with Crippen LogP contribution in [0.25, 0.3) is 16.4 Å². The van der Waals surface area contributed by atoms with E-state index in [4.69, 9.17) is 10.5 Å². The third kappa shape index (κ3) is 3.02. The van der Waals surface area contributed by atoms with E-state index >= 15 is 0 Å². The minimum absolute atomic E-state index is 0.0603. The van der Waals surface area contributed by atoms with Crippen LogP contribution in [0.1, 0.15) is 36.6 Å². The van der Waals surface area contributed by atoms with Crippen molar-refractivity contribution in [1.82, 2.24) is 19.6 Å². The predicted molar refractivity (Wildman–Crippen MR) is 104 cm³/mol. The average Bonchev–Trinajstić information content (AvgIpc) is 3.33. The standard InChI is InChI=1S/C21H21N5O/c22-21-19-9-8-18(26(19)25-13-24-21)20-10-7-16(27-20)6-4-14-3-5-15-2-1-11-23-17(15)12-14/h1-3,5,8-9,11-13,16,20H,4,6-7,10H2,(H2,22,24,25)/t16-,20-/m1/s1. The smallest absolute Gasteiger partial charge is 0.151 e. The van der Waals surface area contributed by atoms with E-state index in [0.29, 0.717) is 5.82 Å². The molecule has 2 atom stereocenters. The SMILES string of the molecule is Nc1ncnn2c([C@H]3CC[C@@H](CCc4ccc5cccnc5c4)O3)ccc12. The van der Waals surface area contributed by atoms with E-state index in [2.05, 4.69) is 39.3 Å². The highest BCUT2D eigenvalue weighted by Gasteiger charge is 2.28. The molecule has 4 heterocycles. The second-order valence-corrected chi connectivity index (χ2v) is 7.09. The van der Waals surface area contributed by atoms with Crippen LogP contribution in [0.5, 0.6) is 0 Å². The Morgan fingerprint density at radius 3 is 3.04 bits per heavy atom. The van der Waals surface area contributed by atoms with Crippen molar-refractivity contribution in [3.63, 3.8) is 0 Å². The van der Waals surface area contributed by atoms with Crippen LogP contribution in [-0.2, 0) is 11.2 Å². The van der Waals surface area contributed by atoms with Crippen LogP contribution < -0.4 is 5.73 Å². The molecule has 6 nitrogen and oxygen atoms in total. The summed E-state index contributed by atoms with van der Waals surface area (Å²) in [6.45, 7) is 0. The zero-order valence-corrected chi connectivity index (χ0v) is 15.0.